The molecule has 1 aliphatic rings. The molecule has 5 heterocycles. The van der Waals surface area contributed by atoms with E-state index in [4.69, 9.17) is 28.8 Å². The SMILES string of the molecule is Fc1cccnc1CNc1nccc2oc(CCNCCc3nc4cc5c(cc4n3-c3ccccc3)OCCO5)nc12.O=CO. The quantitative estimate of drug-likeness (QED) is 0.148. The number of hydrogen-bond donors (Lipinski definition) is 3. The van der Waals surface area contributed by atoms with Crippen molar-refractivity contribution in [2.45, 2.75) is 19.4 Å². The van der Waals surface area contributed by atoms with Gasteiger partial charge in [-0.2, -0.15) is 0 Å². The molecule has 13 heteroatoms. The number of carboxylic acid groups (broad SMARTS) is 1. The molecule has 4 aromatic heterocycles. The molecule has 0 atom stereocenters. The number of para-hydroxylation sites is 1. The van der Waals surface area contributed by atoms with Crippen molar-refractivity contribution >= 4 is 34.4 Å². The monoisotopic (exact) mass is 611 g/mol. The smallest absolute Gasteiger partial charge is 0.290 e. The molecule has 0 amide bonds. The van der Waals surface area contributed by atoms with Gasteiger partial charge >= 0.3 is 0 Å². The van der Waals surface area contributed by atoms with E-state index in [0.29, 0.717) is 67.6 Å². The first-order valence-corrected chi connectivity index (χ1v) is 14.4. The standard InChI is InChI=1S/C31H28FN7O3.CH2O2/c32-21-7-4-11-34-23(21)19-36-31-30-25(8-14-35-31)42-29(38-30)10-13-33-12-9-28-37-22-17-26-27(41-16-15-40-26)18-24(22)39(28)20-5-2-1-3-6-20;2-1-3/h1-8,11,14,17-18,33H,9-10,12-13,15-16,19H2,(H,35,36);1H,(H,2,3). The number of carbonyl (C=O) groups is 1. The van der Waals surface area contributed by atoms with E-state index in [1.807, 2.05) is 30.3 Å². The number of hydrogen-bond acceptors (Lipinski definition) is 10. The van der Waals surface area contributed by atoms with Crippen LogP contribution >= 0.6 is 0 Å². The van der Waals surface area contributed by atoms with E-state index >= 15 is 0 Å². The molecule has 0 radical (unpaired) electrons. The van der Waals surface area contributed by atoms with Gasteiger partial charge in [0.15, 0.2) is 34.3 Å². The van der Waals surface area contributed by atoms with Gasteiger partial charge in [0, 0.05) is 62.2 Å². The van der Waals surface area contributed by atoms with E-state index in [1.165, 1.54) is 6.07 Å². The van der Waals surface area contributed by atoms with Crippen LogP contribution < -0.4 is 20.1 Å². The van der Waals surface area contributed by atoms with Gasteiger partial charge in [-0.25, -0.2) is 19.3 Å². The van der Waals surface area contributed by atoms with Gasteiger partial charge in [0.25, 0.3) is 6.47 Å². The van der Waals surface area contributed by atoms with Gasteiger partial charge in [0.2, 0.25) is 0 Å². The van der Waals surface area contributed by atoms with E-state index in [9.17, 15) is 4.39 Å². The minimum Gasteiger partial charge on any atom is -0.486 e. The molecule has 0 fully saturated rings. The van der Waals surface area contributed by atoms with E-state index < -0.39 is 0 Å². The third kappa shape index (κ3) is 6.68. The Kier molecular flexibility index (Phi) is 9.06. The minimum atomic E-state index is -0.370. The minimum absolute atomic E-state index is 0.193. The van der Waals surface area contributed by atoms with Gasteiger partial charge in [-0.3, -0.25) is 14.3 Å². The van der Waals surface area contributed by atoms with Crippen LogP contribution in [0.4, 0.5) is 10.2 Å². The van der Waals surface area contributed by atoms with Crippen LogP contribution in [0.25, 0.3) is 27.8 Å². The van der Waals surface area contributed by atoms with Crippen LogP contribution in [0.15, 0.2) is 77.5 Å². The largest absolute Gasteiger partial charge is 0.486 e. The Morgan fingerprint density at radius 1 is 0.933 bits per heavy atom. The first-order valence-electron chi connectivity index (χ1n) is 14.4. The lowest BCUT2D eigenvalue weighted by Gasteiger charge is -2.18. The topological polar surface area (TPSA) is 149 Å². The molecular weight excluding hydrogens is 581 g/mol. The molecule has 3 N–H and O–H groups in total. The van der Waals surface area contributed by atoms with E-state index in [2.05, 4.69) is 42.3 Å². The lowest BCUT2D eigenvalue weighted by Crippen LogP contribution is -2.21. The maximum absolute atomic E-state index is 14.0. The first-order chi connectivity index (χ1) is 22.1. The molecule has 0 aliphatic carbocycles. The van der Waals surface area contributed by atoms with Crippen molar-refractivity contribution < 1.29 is 28.2 Å². The van der Waals surface area contributed by atoms with Crippen molar-refractivity contribution in [1.82, 2.24) is 29.8 Å². The number of pyridine rings is 2. The number of ether oxygens (including phenoxy) is 2. The molecule has 230 valence electrons. The van der Waals surface area contributed by atoms with E-state index in [0.717, 1.165) is 34.0 Å². The molecule has 0 bridgehead atoms. The number of oxazole rings is 1. The Bertz CT molecular complexity index is 1910. The molecule has 2 aromatic carbocycles. The van der Waals surface area contributed by atoms with Crippen LogP contribution in [0.5, 0.6) is 11.5 Å². The number of aromatic nitrogens is 5. The highest BCUT2D eigenvalue weighted by Gasteiger charge is 2.19. The average molecular weight is 612 g/mol. The van der Waals surface area contributed by atoms with Gasteiger partial charge in [0.1, 0.15) is 24.9 Å². The molecule has 45 heavy (non-hydrogen) atoms. The molecule has 1 aliphatic heterocycles. The lowest BCUT2D eigenvalue weighted by atomic mass is 10.2. The maximum atomic E-state index is 14.0. The number of rotatable bonds is 10. The summed E-state index contributed by atoms with van der Waals surface area (Å²) in [6.07, 6.45) is 4.51. The summed E-state index contributed by atoms with van der Waals surface area (Å²) in [5.74, 6) is 3.17. The molecule has 7 rings (SSSR count). The second kappa shape index (κ2) is 13.8. The fourth-order valence-corrected chi connectivity index (χ4v) is 5.07. The van der Waals surface area contributed by atoms with Gasteiger partial charge in [0.05, 0.1) is 23.3 Å². The van der Waals surface area contributed by atoms with Gasteiger partial charge in [-0.1, -0.05) is 18.2 Å². The molecule has 0 spiro atoms. The van der Waals surface area contributed by atoms with Crippen molar-refractivity contribution in [2.75, 3.05) is 31.6 Å². The molecule has 0 saturated carbocycles. The Morgan fingerprint density at radius 3 is 2.51 bits per heavy atom. The first kappa shape index (κ1) is 29.5. The summed E-state index contributed by atoms with van der Waals surface area (Å²) in [6.45, 7) is 2.40. The summed E-state index contributed by atoms with van der Waals surface area (Å²) >= 11 is 0. The third-order valence-electron chi connectivity index (χ3n) is 7.05. The fraction of sp³-hybridized carbons (Fsp3) is 0.219. The number of fused-ring (bicyclic) bond motifs is 3. The summed E-state index contributed by atoms with van der Waals surface area (Å²) in [7, 11) is 0. The molecule has 12 nitrogen and oxygen atoms in total. The van der Waals surface area contributed by atoms with Crippen LogP contribution in [0.2, 0.25) is 0 Å². The number of nitrogens with one attached hydrogen (secondary N) is 2. The van der Waals surface area contributed by atoms with Crippen LogP contribution in [0.3, 0.4) is 0 Å². The van der Waals surface area contributed by atoms with Gasteiger partial charge in [-0.15, -0.1) is 0 Å². The summed E-state index contributed by atoms with van der Waals surface area (Å²) in [5, 5.41) is 13.5. The Balaban J connectivity index is 0.00000115. The lowest BCUT2D eigenvalue weighted by molar-refractivity contribution is -0.122. The van der Waals surface area contributed by atoms with Crippen LogP contribution in [-0.2, 0) is 24.2 Å². The second-order valence-corrected chi connectivity index (χ2v) is 9.94. The van der Waals surface area contributed by atoms with Crippen molar-refractivity contribution in [3.63, 3.8) is 0 Å². The Morgan fingerprint density at radius 2 is 1.71 bits per heavy atom. The average Bonchev–Trinajstić information content (AvgIpc) is 3.64. The summed E-state index contributed by atoms with van der Waals surface area (Å²) in [4.78, 5) is 26.4. The molecule has 0 unspecified atom stereocenters. The van der Waals surface area contributed by atoms with Crippen LogP contribution in [0, 0.1) is 5.82 Å². The second-order valence-electron chi connectivity index (χ2n) is 9.94. The van der Waals surface area contributed by atoms with Crippen LogP contribution in [0.1, 0.15) is 17.4 Å². The Labute approximate surface area is 256 Å². The number of imidazole rings is 1. The molecule has 0 saturated heterocycles. The van der Waals surface area contributed by atoms with Crippen molar-refractivity contribution in [1.29, 1.82) is 0 Å². The van der Waals surface area contributed by atoms with Crippen molar-refractivity contribution in [2.24, 2.45) is 0 Å². The summed E-state index contributed by atoms with van der Waals surface area (Å²) in [6, 6.07) is 18.9. The predicted octanol–water partition coefficient (Wildman–Crippen LogP) is 4.55. The fourth-order valence-electron chi connectivity index (χ4n) is 5.07. The van der Waals surface area contributed by atoms with Crippen molar-refractivity contribution in [3.8, 4) is 17.2 Å². The van der Waals surface area contributed by atoms with E-state index in [1.54, 1.807) is 24.5 Å². The normalized spacial score (nSPS) is 12.1. The highest BCUT2D eigenvalue weighted by atomic mass is 19.1. The zero-order valence-electron chi connectivity index (χ0n) is 24.1. The summed E-state index contributed by atoms with van der Waals surface area (Å²) in [5.41, 5.74) is 4.43. The van der Waals surface area contributed by atoms with Gasteiger partial charge < -0.3 is 29.6 Å². The zero-order valence-corrected chi connectivity index (χ0v) is 24.1. The number of halogens is 1. The van der Waals surface area contributed by atoms with Crippen molar-refractivity contribution in [3.05, 3.63) is 96.3 Å². The third-order valence-corrected chi connectivity index (χ3v) is 7.05. The van der Waals surface area contributed by atoms with Gasteiger partial charge in [-0.05, 0) is 24.3 Å². The number of nitrogens with zero attached hydrogens (tertiary/aromatic N) is 5. The zero-order chi connectivity index (χ0) is 31.0. The summed E-state index contributed by atoms with van der Waals surface area (Å²) < 4.78 is 33.7. The Hall–Kier alpha value is -5.56. The number of benzene rings is 2. The highest BCUT2D eigenvalue weighted by molar-refractivity contribution is 5.84. The molecular formula is C32H30FN7O5. The number of anilines is 1. The maximum Gasteiger partial charge on any atom is 0.290 e. The van der Waals surface area contributed by atoms with Crippen LogP contribution in [-0.4, -0.2) is 62.4 Å². The molecule has 6 aromatic rings. The van der Waals surface area contributed by atoms with E-state index in [-0.39, 0.29) is 18.8 Å². The predicted molar refractivity (Wildman–Crippen MR) is 164 cm³/mol. The highest BCUT2D eigenvalue weighted by Crippen LogP contribution is 2.36.